The summed E-state index contributed by atoms with van der Waals surface area (Å²) in [5.41, 5.74) is 7.98. The van der Waals surface area contributed by atoms with Crippen molar-refractivity contribution in [2.45, 2.75) is 95.0 Å². The highest BCUT2D eigenvalue weighted by Crippen LogP contribution is 2.55. The number of rotatable bonds is 8. The molecule has 0 radical (unpaired) electrons. The van der Waals surface area contributed by atoms with Gasteiger partial charge in [0.15, 0.2) is 8.32 Å². The summed E-state index contributed by atoms with van der Waals surface area (Å²) < 4.78 is 18.8. The monoisotopic (exact) mass is 410 g/mol. The Labute approximate surface area is 168 Å². The lowest BCUT2D eigenvalue weighted by atomic mass is 9.70. The van der Waals surface area contributed by atoms with Crippen molar-refractivity contribution >= 4 is 14.2 Å². The first-order valence-electron chi connectivity index (χ1n) is 10.3. The van der Waals surface area contributed by atoms with Crippen LogP contribution in [0.3, 0.4) is 0 Å². The maximum Gasteiger partial charge on any atom is 0.228 e. The van der Waals surface area contributed by atoms with Crippen LogP contribution in [0.4, 0.5) is 0 Å². The van der Waals surface area contributed by atoms with E-state index in [9.17, 15) is 4.79 Å². The van der Waals surface area contributed by atoms with Crippen LogP contribution in [-0.2, 0) is 18.7 Å². The van der Waals surface area contributed by atoms with Crippen molar-refractivity contribution in [3.8, 4) is 0 Å². The zero-order valence-corrected chi connectivity index (χ0v) is 18.9. The highest BCUT2D eigenvalue weighted by Gasteiger charge is 2.73. The second-order valence-corrected chi connectivity index (χ2v) is 14.6. The molecule has 28 heavy (non-hydrogen) atoms. The summed E-state index contributed by atoms with van der Waals surface area (Å²) in [5.74, 6) is -0.182. The number of carbonyl (C=O) groups is 1. The van der Waals surface area contributed by atoms with Crippen molar-refractivity contribution in [1.29, 1.82) is 0 Å². The summed E-state index contributed by atoms with van der Waals surface area (Å²) in [4.78, 5) is 15.3. The van der Waals surface area contributed by atoms with Gasteiger partial charge >= 0.3 is 0 Å². The zero-order valence-electron chi connectivity index (χ0n) is 17.9. The number of nitrogens with one attached hydrogen (secondary N) is 1. The van der Waals surface area contributed by atoms with Crippen molar-refractivity contribution < 1.29 is 18.7 Å². The molecule has 2 heterocycles. The highest BCUT2D eigenvalue weighted by atomic mass is 28.4. The Bertz CT molecular complexity index is 661. The molecule has 0 aromatic rings. The molecule has 1 N–H and O–H groups in total. The van der Waals surface area contributed by atoms with Gasteiger partial charge in [0.25, 0.3) is 0 Å². The third-order valence-electron chi connectivity index (χ3n) is 7.04. The number of ether oxygens (including phenoxy) is 2. The molecular formula is C19H34N4O4Si. The number of epoxide rings is 1. The second-order valence-electron chi connectivity index (χ2n) is 9.80. The maximum absolute atomic E-state index is 12.5. The Kier molecular flexibility index (Phi) is 5.86. The molecule has 0 aromatic heterocycles. The van der Waals surface area contributed by atoms with Crippen LogP contribution in [0.2, 0.25) is 18.1 Å². The molecule has 1 aliphatic carbocycles. The molecular weight excluding hydrogens is 376 g/mol. The van der Waals surface area contributed by atoms with Gasteiger partial charge in [0.05, 0.1) is 36.9 Å². The van der Waals surface area contributed by atoms with Gasteiger partial charge in [-0.1, -0.05) is 25.9 Å². The first kappa shape index (κ1) is 21.6. The van der Waals surface area contributed by atoms with Gasteiger partial charge in [0, 0.05) is 11.5 Å². The minimum absolute atomic E-state index is 0.0400. The number of azide groups is 1. The molecule has 9 heteroatoms. The van der Waals surface area contributed by atoms with Gasteiger partial charge in [-0.3, -0.25) is 4.79 Å². The number of hydrogen-bond donors (Lipinski definition) is 1. The molecule has 1 saturated carbocycles. The largest absolute Gasteiger partial charge is 0.413 e. The first-order valence-corrected chi connectivity index (χ1v) is 13.2. The van der Waals surface area contributed by atoms with Gasteiger partial charge in [0.2, 0.25) is 5.91 Å². The maximum atomic E-state index is 12.5. The Morgan fingerprint density at radius 2 is 2.14 bits per heavy atom. The van der Waals surface area contributed by atoms with Gasteiger partial charge < -0.3 is 19.2 Å². The van der Waals surface area contributed by atoms with Crippen molar-refractivity contribution in [1.82, 2.24) is 5.32 Å². The van der Waals surface area contributed by atoms with Crippen LogP contribution in [0.5, 0.6) is 0 Å². The molecule has 1 amide bonds. The average Bonchev–Trinajstić information content (AvgIpc) is 3.30. The van der Waals surface area contributed by atoms with E-state index in [2.05, 4.69) is 49.2 Å². The van der Waals surface area contributed by atoms with Crippen LogP contribution < -0.4 is 5.32 Å². The standard InChI is InChI=1S/C19H34N4O4Si/c1-12(27-28(5,6)18(2,3)4)15-16(22-17(15)24)19-13(25-11-10-21-23-20)8-7-9-14(19)26-19/h12-16H,7-11H2,1-6H3,(H,22,24)/t12-,13?,14+,15-,16-,19+/m1/s1. The summed E-state index contributed by atoms with van der Waals surface area (Å²) >= 11 is 0. The first-order chi connectivity index (χ1) is 13.0. The van der Waals surface area contributed by atoms with Crippen LogP contribution in [0.25, 0.3) is 10.4 Å². The van der Waals surface area contributed by atoms with E-state index in [0.29, 0.717) is 13.2 Å². The Morgan fingerprint density at radius 3 is 2.75 bits per heavy atom. The fourth-order valence-corrected chi connectivity index (χ4v) is 5.88. The van der Waals surface area contributed by atoms with Crippen LogP contribution >= 0.6 is 0 Å². The fourth-order valence-electron chi connectivity index (χ4n) is 4.45. The van der Waals surface area contributed by atoms with Crippen LogP contribution in [0.1, 0.15) is 47.0 Å². The van der Waals surface area contributed by atoms with Crippen molar-refractivity contribution in [3.63, 3.8) is 0 Å². The molecule has 1 unspecified atom stereocenters. The van der Waals surface area contributed by atoms with Crippen LogP contribution in [0, 0.1) is 5.92 Å². The summed E-state index contributed by atoms with van der Waals surface area (Å²) in [6.07, 6.45) is 2.80. The summed E-state index contributed by atoms with van der Waals surface area (Å²) in [6, 6.07) is -0.0884. The van der Waals surface area contributed by atoms with Gasteiger partial charge in [-0.25, -0.2) is 0 Å². The Morgan fingerprint density at radius 1 is 1.43 bits per heavy atom. The summed E-state index contributed by atoms with van der Waals surface area (Å²) in [5, 5.41) is 6.72. The van der Waals surface area contributed by atoms with E-state index in [0.717, 1.165) is 19.3 Å². The molecule has 158 valence electrons. The SMILES string of the molecule is C[C@@H](O[Si](C)(C)C(C)(C)C)[C@H]1C(=O)N[C@H]1[C@@]12O[C@H]1CCCC2OCCN=[N+]=[N-]. The molecule has 6 atom stereocenters. The van der Waals surface area contributed by atoms with E-state index in [4.69, 9.17) is 19.4 Å². The predicted molar refractivity (Wildman–Crippen MR) is 108 cm³/mol. The molecule has 3 rings (SSSR count). The summed E-state index contributed by atoms with van der Waals surface area (Å²) in [7, 11) is -1.98. The predicted octanol–water partition coefficient (Wildman–Crippen LogP) is 3.53. The van der Waals surface area contributed by atoms with E-state index in [1.165, 1.54) is 0 Å². The topological polar surface area (TPSA) is 109 Å². The number of carbonyl (C=O) groups excluding carboxylic acids is 1. The highest BCUT2D eigenvalue weighted by molar-refractivity contribution is 6.74. The molecule has 8 nitrogen and oxygen atoms in total. The third kappa shape index (κ3) is 3.70. The van der Waals surface area contributed by atoms with Gasteiger partial charge in [-0.05, 0) is 49.8 Å². The molecule has 2 aliphatic heterocycles. The number of β-lactam (4-membered cyclic amide) rings is 1. The lowest BCUT2D eigenvalue weighted by molar-refractivity contribution is -0.147. The number of fused-ring (bicyclic) bond motifs is 1. The average molecular weight is 411 g/mol. The summed E-state index contributed by atoms with van der Waals surface area (Å²) in [6.45, 7) is 13.7. The molecule has 3 aliphatic rings. The minimum Gasteiger partial charge on any atom is -0.413 e. The zero-order chi connectivity index (χ0) is 20.7. The van der Waals surface area contributed by atoms with E-state index >= 15 is 0 Å². The number of hydrogen-bond acceptors (Lipinski definition) is 5. The smallest absolute Gasteiger partial charge is 0.228 e. The number of nitrogens with zero attached hydrogens (tertiary/aromatic N) is 3. The fraction of sp³-hybridized carbons (Fsp3) is 0.947. The van der Waals surface area contributed by atoms with Crippen LogP contribution in [-0.4, -0.2) is 57.3 Å². The van der Waals surface area contributed by atoms with E-state index in [1.54, 1.807) is 0 Å². The van der Waals surface area contributed by atoms with E-state index in [1.807, 2.05) is 6.92 Å². The van der Waals surface area contributed by atoms with Crippen molar-refractivity contribution in [3.05, 3.63) is 10.4 Å². The second kappa shape index (κ2) is 7.61. The normalized spacial score (nSPS) is 35.9. The van der Waals surface area contributed by atoms with Gasteiger partial charge in [-0.2, -0.15) is 0 Å². The molecule has 2 saturated heterocycles. The molecule has 0 bridgehead atoms. The minimum atomic E-state index is -1.98. The third-order valence-corrected chi connectivity index (χ3v) is 11.6. The van der Waals surface area contributed by atoms with Crippen LogP contribution in [0.15, 0.2) is 5.11 Å². The number of amides is 1. The van der Waals surface area contributed by atoms with E-state index < -0.39 is 13.9 Å². The lowest BCUT2D eigenvalue weighted by Crippen LogP contribution is -2.72. The Hall–Kier alpha value is -1.12. The van der Waals surface area contributed by atoms with Gasteiger partial charge in [-0.15, -0.1) is 0 Å². The van der Waals surface area contributed by atoms with Crippen molar-refractivity contribution in [2.24, 2.45) is 11.0 Å². The molecule has 3 fully saturated rings. The van der Waals surface area contributed by atoms with Crippen molar-refractivity contribution in [2.75, 3.05) is 13.2 Å². The van der Waals surface area contributed by atoms with Gasteiger partial charge in [0.1, 0.15) is 5.60 Å². The molecule has 0 spiro atoms. The molecule has 0 aromatic carbocycles. The Balaban J connectivity index is 1.71. The lowest BCUT2D eigenvalue weighted by Gasteiger charge is -2.49. The quantitative estimate of drug-likeness (QED) is 0.126. The van der Waals surface area contributed by atoms with E-state index in [-0.39, 0.29) is 41.2 Å².